The number of non-ortho nitro benzene ring substituents is 1. The van der Waals surface area contributed by atoms with Gasteiger partial charge in [0.25, 0.3) is 17.5 Å². The predicted octanol–water partition coefficient (Wildman–Crippen LogP) is 4.17. The summed E-state index contributed by atoms with van der Waals surface area (Å²) in [4.78, 5) is 60.3. The molecule has 0 radical (unpaired) electrons. The predicted molar refractivity (Wildman–Crippen MR) is 124 cm³/mol. The number of carbonyl (C=O) groups excluding carboxylic acids is 4. The Balaban J connectivity index is 1.30. The molecule has 0 N–H and O–H groups in total. The van der Waals surface area contributed by atoms with Gasteiger partial charge in [0.2, 0.25) is 0 Å². The molecule has 0 unspecified atom stereocenters. The summed E-state index contributed by atoms with van der Waals surface area (Å²) < 4.78 is 11.2. The smallest absolute Gasteiger partial charge is 0.326 e. The van der Waals surface area contributed by atoms with Crippen LogP contribution in [0.15, 0.2) is 71.2 Å². The topological polar surface area (TPSA) is 133 Å². The maximum atomic E-state index is 12.4. The largest absolute Gasteiger partial charge is 0.457 e. The van der Waals surface area contributed by atoms with Crippen LogP contribution in [-0.4, -0.2) is 46.5 Å². The summed E-state index contributed by atoms with van der Waals surface area (Å²) in [5.41, 5.74) is 0.561. The number of ketones is 1. The molecule has 0 saturated heterocycles. The summed E-state index contributed by atoms with van der Waals surface area (Å²) in [6, 6.07) is 16.1. The molecule has 0 saturated carbocycles. The van der Waals surface area contributed by atoms with E-state index in [-0.39, 0.29) is 22.4 Å². The maximum absolute atomic E-state index is 12.4. The minimum Gasteiger partial charge on any atom is -0.457 e. The van der Waals surface area contributed by atoms with Gasteiger partial charge < -0.3 is 9.47 Å². The highest BCUT2D eigenvalue weighted by atomic mass is 79.9. The number of benzene rings is 3. The number of imide groups is 1. The Bertz CT molecular complexity index is 1350. The van der Waals surface area contributed by atoms with Crippen molar-refractivity contribution in [1.29, 1.82) is 0 Å². The van der Waals surface area contributed by atoms with Gasteiger partial charge in [0.05, 0.1) is 16.1 Å². The number of halogens is 1. The summed E-state index contributed by atoms with van der Waals surface area (Å²) in [6.45, 7) is -1.19. The minimum atomic E-state index is -0.898. The zero-order valence-corrected chi connectivity index (χ0v) is 19.4. The van der Waals surface area contributed by atoms with E-state index in [1.165, 1.54) is 60.7 Å². The fourth-order valence-corrected chi connectivity index (χ4v) is 3.65. The van der Waals surface area contributed by atoms with Gasteiger partial charge in [-0.2, -0.15) is 0 Å². The summed E-state index contributed by atoms with van der Waals surface area (Å²) in [5.74, 6) is -1.84. The lowest BCUT2D eigenvalue weighted by molar-refractivity contribution is -0.384. The number of esters is 1. The number of ether oxygens (including phenoxy) is 2. The van der Waals surface area contributed by atoms with Gasteiger partial charge in [0, 0.05) is 22.2 Å². The Morgan fingerprint density at radius 3 is 2.11 bits per heavy atom. The molecule has 0 fully saturated rings. The molecule has 4 rings (SSSR count). The van der Waals surface area contributed by atoms with E-state index in [0.29, 0.717) is 16.0 Å². The zero-order valence-electron chi connectivity index (χ0n) is 17.8. The third-order valence-electron chi connectivity index (χ3n) is 5.04. The first-order chi connectivity index (χ1) is 16.7. The van der Waals surface area contributed by atoms with Crippen molar-refractivity contribution >= 4 is 45.2 Å². The number of nitrogens with zero attached hydrogens (tertiary/aromatic N) is 2. The van der Waals surface area contributed by atoms with Crippen molar-refractivity contribution in [3.05, 3.63) is 98.0 Å². The van der Waals surface area contributed by atoms with E-state index < -0.39 is 41.6 Å². The molecule has 3 aromatic carbocycles. The van der Waals surface area contributed by atoms with E-state index >= 15 is 0 Å². The van der Waals surface area contributed by atoms with Crippen molar-refractivity contribution in [1.82, 2.24) is 4.90 Å². The second-order valence-corrected chi connectivity index (χ2v) is 8.26. The van der Waals surface area contributed by atoms with E-state index in [4.69, 9.17) is 9.47 Å². The number of Topliss-reactive ketones (excluding diaryl/α,β-unsaturated/α-hetero) is 1. The van der Waals surface area contributed by atoms with Crippen molar-refractivity contribution in [2.45, 2.75) is 0 Å². The SMILES string of the molecule is O=C(CN1C(=O)c2ccc(Br)cc2C1=O)OCC(=O)c1ccc(Oc2ccc([N+](=O)[O-])cc2)cc1. The quantitative estimate of drug-likeness (QED) is 0.137. The summed E-state index contributed by atoms with van der Waals surface area (Å²) in [7, 11) is 0. The molecule has 35 heavy (non-hydrogen) atoms. The normalized spacial score (nSPS) is 12.3. The van der Waals surface area contributed by atoms with Gasteiger partial charge in [-0.25, -0.2) is 0 Å². The van der Waals surface area contributed by atoms with E-state index in [9.17, 15) is 29.3 Å². The molecule has 11 heteroatoms. The molecule has 176 valence electrons. The van der Waals surface area contributed by atoms with E-state index in [1.807, 2.05) is 0 Å². The highest BCUT2D eigenvalue weighted by Crippen LogP contribution is 2.26. The number of amides is 2. The summed E-state index contributed by atoms with van der Waals surface area (Å²) in [6.07, 6.45) is 0. The van der Waals surface area contributed by atoms with Gasteiger partial charge >= 0.3 is 5.97 Å². The molecule has 3 aromatic rings. The Hall–Kier alpha value is -4.38. The molecule has 1 aliphatic rings. The Kier molecular flexibility index (Phi) is 6.69. The van der Waals surface area contributed by atoms with Crippen LogP contribution in [0.3, 0.4) is 0 Å². The number of carbonyl (C=O) groups is 4. The number of rotatable bonds is 8. The van der Waals surface area contributed by atoms with E-state index in [2.05, 4.69) is 15.9 Å². The van der Waals surface area contributed by atoms with Gasteiger partial charge in [-0.05, 0) is 54.6 Å². The van der Waals surface area contributed by atoms with E-state index in [1.54, 1.807) is 6.07 Å². The van der Waals surface area contributed by atoms with Gasteiger partial charge in [-0.15, -0.1) is 0 Å². The van der Waals surface area contributed by atoms with Crippen LogP contribution < -0.4 is 4.74 Å². The molecule has 0 atom stereocenters. The number of hydrogen-bond donors (Lipinski definition) is 0. The number of nitro groups is 1. The Labute approximate surface area is 206 Å². The average molecular weight is 539 g/mol. The number of nitro benzene ring substituents is 1. The highest BCUT2D eigenvalue weighted by Gasteiger charge is 2.37. The van der Waals surface area contributed by atoms with Crippen LogP contribution in [-0.2, 0) is 9.53 Å². The first-order valence-electron chi connectivity index (χ1n) is 10.1. The summed E-state index contributed by atoms with van der Waals surface area (Å²) >= 11 is 3.23. The summed E-state index contributed by atoms with van der Waals surface area (Å²) in [5, 5.41) is 10.7. The number of hydrogen-bond acceptors (Lipinski definition) is 8. The van der Waals surface area contributed by atoms with Crippen LogP contribution in [0, 0.1) is 10.1 Å². The molecule has 1 aliphatic heterocycles. The zero-order chi connectivity index (χ0) is 25.1. The first kappa shape index (κ1) is 23.8. The van der Waals surface area contributed by atoms with Crippen LogP contribution in [0.2, 0.25) is 0 Å². The lowest BCUT2D eigenvalue weighted by atomic mass is 10.1. The second-order valence-electron chi connectivity index (χ2n) is 7.35. The molecular formula is C24H15BrN2O8. The highest BCUT2D eigenvalue weighted by molar-refractivity contribution is 9.10. The number of fused-ring (bicyclic) bond motifs is 1. The first-order valence-corrected chi connectivity index (χ1v) is 10.9. The van der Waals surface area contributed by atoms with E-state index in [0.717, 1.165) is 4.90 Å². The Morgan fingerprint density at radius 2 is 1.49 bits per heavy atom. The van der Waals surface area contributed by atoms with Gasteiger partial charge in [-0.3, -0.25) is 34.2 Å². The molecule has 0 aliphatic carbocycles. The van der Waals surface area contributed by atoms with Crippen LogP contribution in [0.5, 0.6) is 11.5 Å². The van der Waals surface area contributed by atoms with Crippen molar-refractivity contribution < 1.29 is 33.6 Å². The van der Waals surface area contributed by atoms with Crippen molar-refractivity contribution in [3.8, 4) is 11.5 Å². The molecule has 2 amide bonds. The third-order valence-corrected chi connectivity index (χ3v) is 5.54. The van der Waals surface area contributed by atoms with Crippen LogP contribution in [0.25, 0.3) is 0 Å². The minimum absolute atomic E-state index is 0.0658. The van der Waals surface area contributed by atoms with Crippen LogP contribution >= 0.6 is 15.9 Å². The molecule has 10 nitrogen and oxygen atoms in total. The molecule has 0 spiro atoms. The maximum Gasteiger partial charge on any atom is 0.326 e. The molecule has 1 heterocycles. The van der Waals surface area contributed by atoms with Gasteiger partial charge in [-0.1, -0.05) is 15.9 Å². The monoisotopic (exact) mass is 538 g/mol. The lowest BCUT2D eigenvalue weighted by Crippen LogP contribution is -2.36. The lowest BCUT2D eigenvalue weighted by Gasteiger charge is -2.13. The van der Waals surface area contributed by atoms with Crippen LogP contribution in [0.4, 0.5) is 5.69 Å². The van der Waals surface area contributed by atoms with Crippen molar-refractivity contribution in [2.24, 2.45) is 0 Å². The fourth-order valence-electron chi connectivity index (χ4n) is 3.29. The second kappa shape index (κ2) is 9.85. The Morgan fingerprint density at radius 1 is 0.886 bits per heavy atom. The molecular weight excluding hydrogens is 524 g/mol. The molecule has 0 bridgehead atoms. The molecule has 0 aromatic heterocycles. The van der Waals surface area contributed by atoms with Crippen molar-refractivity contribution in [3.63, 3.8) is 0 Å². The van der Waals surface area contributed by atoms with Crippen molar-refractivity contribution in [2.75, 3.05) is 13.2 Å². The third kappa shape index (κ3) is 5.25. The fraction of sp³-hybridized carbons (Fsp3) is 0.0833. The van der Waals surface area contributed by atoms with Gasteiger partial charge in [0.15, 0.2) is 12.4 Å². The van der Waals surface area contributed by atoms with Crippen LogP contribution in [0.1, 0.15) is 31.1 Å². The average Bonchev–Trinajstić information content (AvgIpc) is 3.07. The standard InChI is InChI=1S/C24H15BrN2O8/c25-15-3-10-19-20(11-15)24(31)26(23(19)30)12-22(29)34-13-21(28)14-1-6-17(7-2-14)35-18-8-4-16(5-9-18)27(32)33/h1-11H,12-13H2. The van der Waals surface area contributed by atoms with Gasteiger partial charge in [0.1, 0.15) is 18.0 Å².